The minimum Gasteiger partial charge on any atom is -0.450 e. The van der Waals surface area contributed by atoms with E-state index in [4.69, 9.17) is 9.15 Å². The third kappa shape index (κ3) is 4.99. The molecule has 1 N–H and O–H groups in total. The monoisotopic (exact) mass is 391 g/mol. The summed E-state index contributed by atoms with van der Waals surface area (Å²) in [5.74, 6) is -0.736. The number of rotatable bonds is 6. The molecule has 29 heavy (non-hydrogen) atoms. The Morgan fingerprint density at radius 3 is 2.31 bits per heavy atom. The maximum absolute atomic E-state index is 12.1. The van der Waals surface area contributed by atoms with Crippen LogP contribution in [0.25, 0.3) is 11.3 Å². The lowest BCUT2D eigenvalue weighted by Gasteiger charge is -2.08. The lowest BCUT2D eigenvalue weighted by molar-refractivity contribution is -0.119. The maximum Gasteiger partial charge on any atom is 0.374 e. The lowest BCUT2D eigenvalue weighted by atomic mass is 10.1. The van der Waals surface area contributed by atoms with Crippen LogP contribution in [0.1, 0.15) is 39.0 Å². The van der Waals surface area contributed by atoms with Crippen LogP contribution in [0.15, 0.2) is 59.0 Å². The first kappa shape index (κ1) is 20.1. The van der Waals surface area contributed by atoms with Crippen LogP contribution in [0.4, 0.5) is 5.69 Å². The van der Waals surface area contributed by atoms with E-state index < -0.39 is 18.5 Å². The van der Waals surface area contributed by atoms with Gasteiger partial charge in [0.05, 0.1) is 0 Å². The van der Waals surface area contributed by atoms with Gasteiger partial charge in [-0.05, 0) is 56.2 Å². The summed E-state index contributed by atoms with van der Waals surface area (Å²) in [6.07, 6.45) is 0. The molecule has 6 heteroatoms. The van der Waals surface area contributed by atoms with E-state index in [-0.39, 0.29) is 11.5 Å². The molecule has 0 saturated heterocycles. The molecule has 3 rings (SSSR count). The lowest BCUT2D eigenvalue weighted by Crippen LogP contribution is -2.20. The Hall–Kier alpha value is -3.67. The van der Waals surface area contributed by atoms with Crippen LogP contribution < -0.4 is 5.32 Å². The van der Waals surface area contributed by atoms with Gasteiger partial charge >= 0.3 is 5.97 Å². The predicted molar refractivity (Wildman–Crippen MR) is 109 cm³/mol. The van der Waals surface area contributed by atoms with Crippen LogP contribution in [-0.4, -0.2) is 24.3 Å². The number of ether oxygens (including phenoxy) is 1. The highest BCUT2D eigenvalue weighted by Gasteiger charge is 2.16. The van der Waals surface area contributed by atoms with E-state index >= 15 is 0 Å². The third-order valence-electron chi connectivity index (χ3n) is 4.51. The smallest absolute Gasteiger partial charge is 0.374 e. The number of carbonyl (C=O) groups is 3. The second-order valence-corrected chi connectivity index (χ2v) is 6.72. The van der Waals surface area contributed by atoms with E-state index in [9.17, 15) is 14.4 Å². The van der Waals surface area contributed by atoms with Gasteiger partial charge in [0.15, 0.2) is 12.4 Å². The Balaban J connectivity index is 1.57. The summed E-state index contributed by atoms with van der Waals surface area (Å²) >= 11 is 0. The molecule has 0 bridgehead atoms. The number of esters is 1. The van der Waals surface area contributed by atoms with Crippen molar-refractivity contribution < 1.29 is 23.5 Å². The molecule has 1 heterocycles. The Morgan fingerprint density at radius 1 is 0.931 bits per heavy atom. The van der Waals surface area contributed by atoms with Crippen LogP contribution in [0.2, 0.25) is 0 Å². The van der Waals surface area contributed by atoms with Crippen molar-refractivity contribution in [1.82, 2.24) is 0 Å². The molecule has 0 atom stereocenters. The molecule has 0 saturated carbocycles. The SMILES string of the molecule is CC(=O)c1ccc(-c2ccc(C(=O)OCC(=O)Nc3ccc(C)c(C)c3)o2)cc1. The fraction of sp³-hybridized carbons (Fsp3) is 0.174. The average molecular weight is 391 g/mol. The summed E-state index contributed by atoms with van der Waals surface area (Å²) < 4.78 is 10.5. The van der Waals surface area contributed by atoms with Crippen molar-refractivity contribution in [3.05, 3.63) is 77.0 Å². The Labute approximate surface area is 168 Å². The van der Waals surface area contributed by atoms with Crippen molar-refractivity contribution in [3.8, 4) is 11.3 Å². The molecule has 0 aliphatic heterocycles. The molecule has 1 aromatic heterocycles. The highest BCUT2D eigenvalue weighted by molar-refractivity contribution is 5.95. The fourth-order valence-electron chi connectivity index (χ4n) is 2.69. The van der Waals surface area contributed by atoms with E-state index in [2.05, 4.69) is 5.32 Å². The number of furan rings is 1. The van der Waals surface area contributed by atoms with Gasteiger partial charge in [-0.1, -0.05) is 30.3 Å². The number of nitrogens with one attached hydrogen (secondary N) is 1. The van der Waals surface area contributed by atoms with Gasteiger partial charge in [-0.15, -0.1) is 0 Å². The summed E-state index contributed by atoms with van der Waals surface area (Å²) in [5, 5.41) is 2.69. The van der Waals surface area contributed by atoms with Crippen molar-refractivity contribution in [2.24, 2.45) is 0 Å². The second kappa shape index (κ2) is 8.56. The molecule has 1 amide bonds. The van der Waals surface area contributed by atoms with Gasteiger partial charge in [-0.2, -0.15) is 0 Å². The zero-order valence-corrected chi connectivity index (χ0v) is 16.4. The first-order valence-corrected chi connectivity index (χ1v) is 9.09. The molecule has 6 nitrogen and oxygen atoms in total. The van der Waals surface area contributed by atoms with Gasteiger partial charge in [-0.3, -0.25) is 9.59 Å². The Bertz CT molecular complexity index is 1060. The third-order valence-corrected chi connectivity index (χ3v) is 4.51. The minimum absolute atomic E-state index is 0.00498. The number of anilines is 1. The first-order chi connectivity index (χ1) is 13.8. The molecule has 0 fully saturated rings. The number of benzene rings is 2. The Morgan fingerprint density at radius 2 is 1.66 bits per heavy atom. The minimum atomic E-state index is -0.730. The standard InChI is InChI=1S/C23H21NO5/c1-14-4-9-19(12-15(14)2)24-22(26)13-28-23(27)21-11-10-20(29-21)18-7-5-17(6-8-18)16(3)25/h4-12H,13H2,1-3H3,(H,24,26). The van der Waals surface area contributed by atoms with E-state index in [1.54, 1.807) is 36.4 Å². The summed E-state index contributed by atoms with van der Waals surface area (Å²) in [6, 6.07) is 15.5. The molecule has 148 valence electrons. The normalized spacial score (nSPS) is 10.4. The average Bonchev–Trinajstić information content (AvgIpc) is 3.19. The molecule has 3 aromatic rings. The molecule has 0 spiro atoms. The van der Waals surface area contributed by atoms with E-state index in [1.807, 2.05) is 26.0 Å². The molecular weight excluding hydrogens is 370 g/mol. The van der Waals surface area contributed by atoms with E-state index in [1.165, 1.54) is 13.0 Å². The number of hydrogen-bond donors (Lipinski definition) is 1. The van der Waals surface area contributed by atoms with E-state index in [0.29, 0.717) is 17.0 Å². The van der Waals surface area contributed by atoms with Crippen molar-refractivity contribution in [3.63, 3.8) is 0 Å². The van der Waals surface area contributed by atoms with Gasteiger partial charge in [-0.25, -0.2) is 4.79 Å². The first-order valence-electron chi connectivity index (χ1n) is 9.09. The molecule has 0 unspecified atom stereocenters. The summed E-state index contributed by atoms with van der Waals surface area (Å²) in [7, 11) is 0. The van der Waals surface area contributed by atoms with Gasteiger partial charge in [0.2, 0.25) is 5.76 Å². The molecule has 0 aliphatic carbocycles. The number of aryl methyl sites for hydroxylation is 2. The number of amides is 1. The summed E-state index contributed by atoms with van der Waals surface area (Å²) in [5.41, 5.74) is 4.14. The topological polar surface area (TPSA) is 85.6 Å². The summed E-state index contributed by atoms with van der Waals surface area (Å²) in [4.78, 5) is 35.5. The van der Waals surface area contributed by atoms with Crippen LogP contribution in [0.3, 0.4) is 0 Å². The fourth-order valence-corrected chi connectivity index (χ4v) is 2.69. The van der Waals surface area contributed by atoms with Crippen molar-refractivity contribution in [2.75, 3.05) is 11.9 Å². The number of hydrogen-bond acceptors (Lipinski definition) is 5. The van der Waals surface area contributed by atoms with Crippen molar-refractivity contribution in [1.29, 1.82) is 0 Å². The second-order valence-electron chi connectivity index (χ2n) is 6.72. The zero-order chi connectivity index (χ0) is 21.0. The van der Waals surface area contributed by atoms with Gasteiger partial charge in [0, 0.05) is 16.8 Å². The number of carbonyl (C=O) groups excluding carboxylic acids is 3. The molecule has 0 radical (unpaired) electrons. The Kier molecular flexibility index (Phi) is 5.93. The number of ketones is 1. The number of Topliss-reactive ketones (excluding diaryl/α,β-unsaturated/α-hetero) is 1. The summed E-state index contributed by atoms with van der Waals surface area (Å²) in [6.45, 7) is 5.01. The largest absolute Gasteiger partial charge is 0.450 e. The van der Waals surface area contributed by atoms with Crippen LogP contribution in [-0.2, 0) is 9.53 Å². The maximum atomic E-state index is 12.1. The van der Waals surface area contributed by atoms with Crippen molar-refractivity contribution >= 4 is 23.3 Å². The molecular formula is C23H21NO5. The van der Waals surface area contributed by atoms with Gasteiger partial charge in [0.1, 0.15) is 5.76 Å². The van der Waals surface area contributed by atoms with Gasteiger partial charge in [0.25, 0.3) is 5.91 Å². The molecule has 2 aromatic carbocycles. The zero-order valence-electron chi connectivity index (χ0n) is 16.4. The van der Waals surface area contributed by atoms with Crippen LogP contribution >= 0.6 is 0 Å². The van der Waals surface area contributed by atoms with Gasteiger partial charge < -0.3 is 14.5 Å². The highest BCUT2D eigenvalue weighted by Crippen LogP contribution is 2.23. The van der Waals surface area contributed by atoms with Crippen molar-refractivity contribution in [2.45, 2.75) is 20.8 Å². The highest BCUT2D eigenvalue weighted by atomic mass is 16.5. The van der Waals surface area contributed by atoms with E-state index in [0.717, 1.165) is 16.7 Å². The predicted octanol–water partition coefficient (Wildman–Crippen LogP) is 4.56. The molecule has 0 aliphatic rings. The quantitative estimate of drug-likeness (QED) is 0.492. The van der Waals surface area contributed by atoms with Crippen LogP contribution in [0, 0.1) is 13.8 Å². The van der Waals surface area contributed by atoms with Crippen LogP contribution in [0.5, 0.6) is 0 Å².